The third-order valence-corrected chi connectivity index (χ3v) is 4.22. The Labute approximate surface area is 108 Å². The summed E-state index contributed by atoms with van der Waals surface area (Å²) < 4.78 is 1.15. The van der Waals surface area contributed by atoms with Gasteiger partial charge in [0.15, 0.2) is 0 Å². The Morgan fingerprint density at radius 3 is 2.78 bits per heavy atom. The molecule has 0 fully saturated rings. The molecule has 0 N–H and O–H groups in total. The average Bonchev–Trinajstić information content (AvgIpc) is 2.59. The van der Waals surface area contributed by atoms with Crippen LogP contribution in [-0.2, 0) is 4.79 Å². The number of thiophene rings is 1. The van der Waals surface area contributed by atoms with Crippen LogP contribution in [0.4, 0.5) is 0 Å². The number of carbonyl (C=O) groups excluding carboxylic acids is 1. The van der Waals surface area contributed by atoms with Crippen LogP contribution in [0.5, 0.6) is 0 Å². The Balaban J connectivity index is 2.75. The molecule has 0 amide bonds. The highest BCUT2D eigenvalue weighted by molar-refractivity contribution is 7.18. The van der Waals surface area contributed by atoms with E-state index in [2.05, 4.69) is 4.98 Å². The summed E-state index contributed by atoms with van der Waals surface area (Å²) in [6, 6.07) is -0.964. The number of nitrogens with zero attached hydrogens (tertiary/aromatic N) is 2. The van der Waals surface area contributed by atoms with Crippen LogP contribution in [0, 0.1) is 13.8 Å². The molecule has 2 heterocycles. The van der Waals surface area contributed by atoms with Crippen molar-refractivity contribution in [3.63, 3.8) is 0 Å². The van der Waals surface area contributed by atoms with Gasteiger partial charge in [0.25, 0.3) is 5.56 Å². The number of aryl methyl sites for hydroxylation is 2. The molecule has 18 heavy (non-hydrogen) atoms. The Kier molecular flexibility index (Phi) is 3.21. The molecule has 0 spiro atoms. The largest absolute Gasteiger partial charge is 0.548 e. The number of aromatic nitrogens is 2. The molecule has 5 nitrogen and oxygen atoms in total. The number of aliphatic carboxylic acids is 1. The zero-order valence-electron chi connectivity index (χ0n) is 10.4. The summed E-state index contributed by atoms with van der Waals surface area (Å²) in [6.45, 7) is 5.46. The minimum absolute atomic E-state index is 0.289. The lowest BCUT2D eigenvalue weighted by atomic mass is 10.2. The molecular weight excluding hydrogens is 252 g/mol. The molecule has 6 heteroatoms. The SMILES string of the molecule is CC[C@@H](C(=O)[O-])n1cnc2sc(C)c(C)c2c1=O. The zero-order chi connectivity index (χ0) is 13.4. The maximum absolute atomic E-state index is 12.3. The lowest BCUT2D eigenvalue weighted by Gasteiger charge is -2.18. The van der Waals surface area contributed by atoms with Gasteiger partial charge < -0.3 is 9.90 Å². The smallest absolute Gasteiger partial charge is 0.262 e. The van der Waals surface area contributed by atoms with Crippen LogP contribution >= 0.6 is 11.3 Å². The third-order valence-electron chi connectivity index (χ3n) is 3.11. The van der Waals surface area contributed by atoms with Gasteiger partial charge in [-0.3, -0.25) is 9.36 Å². The lowest BCUT2D eigenvalue weighted by Crippen LogP contribution is -2.38. The van der Waals surface area contributed by atoms with Gasteiger partial charge in [0.2, 0.25) is 0 Å². The summed E-state index contributed by atoms with van der Waals surface area (Å²) in [5.41, 5.74) is 0.563. The molecule has 0 unspecified atom stereocenters. The highest BCUT2D eigenvalue weighted by atomic mass is 32.1. The van der Waals surface area contributed by atoms with Crippen LogP contribution in [-0.4, -0.2) is 15.5 Å². The van der Waals surface area contributed by atoms with Gasteiger partial charge in [-0.05, 0) is 25.8 Å². The van der Waals surface area contributed by atoms with Crippen molar-refractivity contribution in [2.45, 2.75) is 33.2 Å². The minimum atomic E-state index is -1.26. The highest BCUT2D eigenvalue weighted by Gasteiger charge is 2.17. The number of fused-ring (bicyclic) bond motifs is 1. The van der Waals surface area contributed by atoms with Crippen molar-refractivity contribution in [1.82, 2.24) is 9.55 Å². The molecule has 0 saturated carbocycles. The Hall–Kier alpha value is -1.69. The monoisotopic (exact) mass is 265 g/mol. The van der Waals surface area contributed by atoms with Crippen molar-refractivity contribution in [3.05, 3.63) is 27.1 Å². The zero-order valence-corrected chi connectivity index (χ0v) is 11.2. The predicted molar refractivity (Wildman–Crippen MR) is 67.7 cm³/mol. The number of carboxylic acid groups (broad SMARTS) is 1. The number of carbonyl (C=O) groups is 1. The van der Waals surface area contributed by atoms with Crippen molar-refractivity contribution in [2.24, 2.45) is 0 Å². The second-order valence-corrected chi connectivity index (χ2v) is 5.37. The first kappa shape index (κ1) is 12.8. The quantitative estimate of drug-likeness (QED) is 0.821. The van der Waals surface area contributed by atoms with Crippen LogP contribution in [0.3, 0.4) is 0 Å². The standard InChI is InChI=1S/C12H14N2O3S/c1-4-8(12(16)17)14-5-13-10-9(11(14)15)6(2)7(3)18-10/h5,8H,4H2,1-3H3,(H,16,17)/p-1/t8-/m0/s1. The summed E-state index contributed by atoms with van der Waals surface area (Å²) in [6.07, 6.45) is 1.58. The van der Waals surface area contributed by atoms with Gasteiger partial charge in [-0.15, -0.1) is 11.3 Å². The second-order valence-electron chi connectivity index (χ2n) is 4.16. The summed E-state index contributed by atoms with van der Waals surface area (Å²) in [5, 5.41) is 11.5. The van der Waals surface area contributed by atoms with E-state index in [1.165, 1.54) is 17.7 Å². The van der Waals surface area contributed by atoms with Crippen molar-refractivity contribution in [1.29, 1.82) is 0 Å². The predicted octanol–water partition coefficient (Wildman–Crippen LogP) is 0.776. The van der Waals surface area contributed by atoms with Crippen LogP contribution in [0.2, 0.25) is 0 Å². The van der Waals surface area contributed by atoms with Gasteiger partial charge in [0, 0.05) is 4.88 Å². The van der Waals surface area contributed by atoms with E-state index in [9.17, 15) is 14.7 Å². The van der Waals surface area contributed by atoms with Crippen LogP contribution < -0.4 is 10.7 Å². The van der Waals surface area contributed by atoms with Crippen molar-refractivity contribution in [3.8, 4) is 0 Å². The first-order valence-electron chi connectivity index (χ1n) is 5.65. The lowest BCUT2D eigenvalue weighted by molar-refractivity contribution is -0.310. The molecule has 0 saturated heterocycles. The molecule has 2 aromatic rings. The van der Waals surface area contributed by atoms with E-state index in [1.807, 2.05) is 13.8 Å². The average molecular weight is 265 g/mol. The van der Waals surface area contributed by atoms with Gasteiger partial charge in [-0.2, -0.15) is 0 Å². The van der Waals surface area contributed by atoms with Crippen molar-refractivity contribution < 1.29 is 9.90 Å². The third kappa shape index (κ3) is 1.82. The molecule has 96 valence electrons. The topological polar surface area (TPSA) is 75.0 Å². The Morgan fingerprint density at radius 1 is 1.56 bits per heavy atom. The maximum Gasteiger partial charge on any atom is 0.262 e. The highest BCUT2D eigenvalue weighted by Crippen LogP contribution is 2.26. The summed E-state index contributed by atoms with van der Waals surface area (Å²) in [4.78, 5) is 29.2. The van der Waals surface area contributed by atoms with E-state index >= 15 is 0 Å². The summed E-state index contributed by atoms with van der Waals surface area (Å²) in [7, 11) is 0. The van der Waals surface area contributed by atoms with E-state index < -0.39 is 12.0 Å². The maximum atomic E-state index is 12.3. The van der Waals surface area contributed by atoms with Crippen LogP contribution in [0.15, 0.2) is 11.1 Å². The second kappa shape index (κ2) is 4.53. The van der Waals surface area contributed by atoms with Gasteiger partial charge in [0.1, 0.15) is 4.83 Å². The minimum Gasteiger partial charge on any atom is -0.548 e. The van der Waals surface area contributed by atoms with Gasteiger partial charge in [0.05, 0.1) is 23.7 Å². The molecule has 0 bridgehead atoms. The number of hydrogen-bond donors (Lipinski definition) is 0. The summed E-state index contributed by atoms with van der Waals surface area (Å²) in [5.74, 6) is -1.26. The van der Waals surface area contributed by atoms with Crippen molar-refractivity contribution in [2.75, 3.05) is 0 Å². The fourth-order valence-corrected chi connectivity index (χ4v) is 2.93. The molecule has 1 atom stereocenters. The number of rotatable bonds is 3. The van der Waals surface area contributed by atoms with E-state index in [1.54, 1.807) is 6.92 Å². The Morgan fingerprint density at radius 2 is 2.22 bits per heavy atom. The summed E-state index contributed by atoms with van der Waals surface area (Å²) >= 11 is 1.44. The first-order chi connectivity index (χ1) is 8.47. The van der Waals surface area contributed by atoms with E-state index in [0.717, 1.165) is 15.0 Å². The number of carboxylic acids is 1. The molecule has 2 rings (SSSR count). The molecule has 0 aromatic carbocycles. The molecule has 0 aliphatic heterocycles. The Bertz CT molecular complexity index is 672. The fourth-order valence-electron chi connectivity index (χ4n) is 1.95. The number of hydrogen-bond acceptors (Lipinski definition) is 5. The molecule has 0 aliphatic rings. The van der Waals surface area contributed by atoms with Gasteiger partial charge in [-0.1, -0.05) is 6.92 Å². The van der Waals surface area contributed by atoms with Crippen molar-refractivity contribution >= 4 is 27.5 Å². The molecule has 2 aromatic heterocycles. The van der Waals surface area contributed by atoms with Gasteiger partial charge in [-0.25, -0.2) is 4.98 Å². The molecule has 0 radical (unpaired) electrons. The van der Waals surface area contributed by atoms with Crippen LogP contribution in [0.25, 0.3) is 10.2 Å². The molecule has 0 aliphatic carbocycles. The van der Waals surface area contributed by atoms with Crippen LogP contribution in [0.1, 0.15) is 29.8 Å². The fraction of sp³-hybridized carbons (Fsp3) is 0.417. The van der Waals surface area contributed by atoms with Gasteiger partial charge >= 0.3 is 0 Å². The van der Waals surface area contributed by atoms with E-state index in [4.69, 9.17) is 0 Å². The normalized spacial score (nSPS) is 12.8. The first-order valence-corrected chi connectivity index (χ1v) is 6.46. The van der Waals surface area contributed by atoms with E-state index in [-0.39, 0.29) is 12.0 Å². The van der Waals surface area contributed by atoms with E-state index in [0.29, 0.717) is 10.2 Å². The molecular formula is C12H13N2O3S-.